The molecule has 2 atom stereocenters. The molecule has 1 aliphatic heterocycles. The molecular formula is C31H32ClN5O3. The Kier molecular flexibility index (Phi) is 8.48. The number of nitrogens with two attached hydrogens (primary N) is 1. The van der Waals surface area contributed by atoms with Crippen LogP contribution >= 0.6 is 11.6 Å². The first-order chi connectivity index (χ1) is 19.4. The van der Waals surface area contributed by atoms with Gasteiger partial charge in [-0.1, -0.05) is 65.7 Å². The van der Waals surface area contributed by atoms with Gasteiger partial charge in [0.2, 0.25) is 5.91 Å². The van der Waals surface area contributed by atoms with E-state index in [1.807, 2.05) is 24.7 Å². The average Bonchev–Trinajstić information content (AvgIpc) is 3.40. The van der Waals surface area contributed by atoms with Crippen LogP contribution in [0, 0.1) is 6.92 Å². The number of hydrogen-bond donors (Lipinski definition) is 3. The lowest BCUT2D eigenvalue weighted by atomic mass is 9.96. The van der Waals surface area contributed by atoms with Crippen LogP contribution < -0.4 is 21.1 Å². The van der Waals surface area contributed by atoms with Crippen LogP contribution in [0.5, 0.6) is 5.75 Å². The van der Waals surface area contributed by atoms with E-state index in [4.69, 9.17) is 22.1 Å². The fourth-order valence-corrected chi connectivity index (χ4v) is 5.01. The Labute approximate surface area is 238 Å². The van der Waals surface area contributed by atoms with Gasteiger partial charge in [-0.05, 0) is 36.2 Å². The van der Waals surface area contributed by atoms with Gasteiger partial charge in [0, 0.05) is 48.8 Å². The number of rotatable bonds is 10. The normalized spacial score (nSPS) is 15.1. The molecule has 0 saturated heterocycles. The summed E-state index contributed by atoms with van der Waals surface area (Å²) >= 11 is 5.97. The molecule has 0 spiro atoms. The highest BCUT2D eigenvalue weighted by Crippen LogP contribution is 2.35. The Balaban J connectivity index is 1.27. The fourth-order valence-electron chi connectivity index (χ4n) is 4.89. The highest BCUT2D eigenvalue weighted by molar-refractivity contribution is 6.30. The molecule has 40 heavy (non-hydrogen) atoms. The van der Waals surface area contributed by atoms with Crippen LogP contribution in [0.4, 0.5) is 0 Å². The lowest BCUT2D eigenvalue weighted by Crippen LogP contribution is -2.46. The standard InChI is InChI=1S/C31H32ClN5O3/c1-20-5-7-22(8-6-20)18-37-19-34-16-24(37)17-35-27-13-14-40-29-25(27)3-2-4-26(29)31(39)36-28(30(33)38)15-21-9-11-23(32)12-10-21/h2-12,16,19,27-28,35H,13-15,17-18H2,1H3,(H2,33,38)(H,36,39)/t27?,28-/m0/s1. The van der Waals surface area contributed by atoms with Crippen molar-refractivity contribution in [3.8, 4) is 5.75 Å². The van der Waals surface area contributed by atoms with Gasteiger partial charge < -0.3 is 25.7 Å². The van der Waals surface area contributed by atoms with Crippen LogP contribution in [0.15, 0.2) is 79.3 Å². The summed E-state index contributed by atoms with van der Waals surface area (Å²) < 4.78 is 8.11. The number of carbonyl (C=O) groups is 2. The molecule has 1 unspecified atom stereocenters. The number of nitrogens with zero attached hydrogens (tertiary/aromatic N) is 2. The van der Waals surface area contributed by atoms with E-state index in [0.717, 1.165) is 29.8 Å². The number of imidazole rings is 1. The highest BCUT2D eigenvalue weighted by Gasteiger charge is 2.28. The van der Waals surface area contributed by atoms with Crippen molar-refractivity contribution in [1.82, 2.24) is 20.2 Å². The van der Waals surface area contributed by atoms with E-state index in [9.17, 15) is 9.59 Å². The minimum atomic E-state index is -0.879. The summed E-state index contributed by atoms with van der Waals surface area (Å²) in [5, 5.41) is 7.00. The Hall–Kier alpha value is -4.14. The number of benzene rings is 3. The lowest BCUT2D eigenvalue weighted by molar-refractivity contribution is -0.119. The third-order valence-electron chi connectivity index (χ3n) is 7.12. The SMILES string of the molecule is Cc1ccc(Cn2cncc2CNC2CCOc3c(C(=O)N[C@@H](Cc4ccc(Cl)cc4)C(N)=O)cccc32)cc1. The quantitative estimate of drug-likeness (QED) is 0.269. The Morgan fingerprint density at radius 3 is 2.60 bits per heavy atom. The van der Waals surface area contributed by atoms with Crippen molar-refractivity contribution in [3.05, 3.63) is 118 Å². The van der Waals surface area contributed by atoms with Gasteiger partial charge in [0.25, 0.3) is 5.91 Å². The van der Waals surface area contributed by atoms with Crippen LogP contribution in [-0.4, -0.2) is 34.0 Å². The summed E-state index contributed by atoms with van der Waals surface area (Å²) in [5.41, 5.74) is 11.2. The minimum Gasteiger partial charge on any atom is -0.492 e. The fraction of sp³-hybridized carbons (Fsp3) is 0.258. The van der Waals surface area contributed by atoms with Crippen LogP contribution in [-0.2, 0) is 24.3 Å². The summed E-state index contributed by atoms with van der Waals surface area (Å²) in [6.07, 6.45) is 4.73. The van der Waals surface area contributed by atoms with E-state index in [0.29, 0.717) is 29.5 Å². The van der Waals surface area contributed by atoms with Gasteiger partial charge in [0.15, 0.2) is 0 Å². The number of aryl methyl sites for hydroxylation is 1. The molecule has 5 rings (SSSR count). The number of halogens is 1. The molecule has 0 bridgehead atoms. The van der Waals surface area contributed by atoms with Crippen LogP contribution in [0.1, 0.15) is 50.8 Å². The van der Waals surface area contributed by atoms with Crippen molar-refractivity contribution >= 4 is 23.4 Å². The van der Waals surface area contributed by atoms with Crippen LogP contribution in [0.3, 0.4) is 0 Å². The molecule has 206 valence electrons. The second-order valence-corrected chi connectivity index (χ2v) is 10.5. The Morgan fingerprint density at radius 2 is 1.85 bits per heavy atom. The number of ether oxygens (including phenoxy) is 1. The third kappa shape index (κ3) is 6.52. The number of para-hydroxylation sites is 1. The summed E-state index contributed by atoms with van der Waals surface area (Å²) in [6, 6.07) is 20.2. The van der Waals surface area contributed by atoms with Gasteiger partial charge in [-0.15, -0.1) is 0 Å². The lowest BCUT2D eigenvalue weighted by Gasteiger charge is -2.28. The molecule has 4 N–H and O–H groups in total. The molecule has 9 heteroatoms. The number of aromatic nitrogens is 2. The van der Waals surface area contributed by atoms with E-state index < -0.39 is 17.9 Å². The monoisotopic (exact) mass is 557 g/mol. The Bertz CT molecular complexity index is 1480. The largest absolute Gasteiger partial charge is 0.492 e. The Morgan fingerprint density at radius 1 is 1.10 bits per heavy atom. The smallest absolute Gasteiger partial charge is 0.255 e. The van der Waals surface area contributed by atoms with E-state index >= 15 is 0 Å². The average molecular weight is 558 g/mol. The maximum atomic E-state index is 13.3. The van der Waals surface area contributed by atoms with E-state index in [1.165, 1.54) is 11.1 Å². The molecule has 4 aromatic rings. The topological polar surface area (TPSA) is 111 Å². The van der Waals surface area contributed by atoms with Crippen molar-refractivity contribution in [2.24, 2.45) is 5.73 Å². The molecule has 1 aliphatic rings. The second kappa shape index (κ2) is 12.4. The van der Waals surface area contributed by atoms with Gasteiger partial charge >= 0.3 is 0 Å². The minimum absolute atomic E-state index is 0.0137. The number of nitrogens with one attached hydrogen (secondary N) is 2. The van der Waals surface area contributed by atoms with Gasteiger partial charge in [0.05, 0.1) is 24.2 Å². The number of amides is 2. The van der Waals surface area contributed by atoms with Crippen LogP contribution in [0.25, 0.3) is 0 Å². The molecule has 0 radical (unpaired) electrons. The molecule has 0 aliphatic carbocycles. The zero-order chi connectivity index (χ0) is 28.1. The van der Waals surface area contributed by atoms with Crippen molar-refractivity contribution in [2.75, 3.05) is 6.61 Å². The van der Waals surface area contributed by atoms with Crippen molar-refractivity contribution in [1.29, 1.82) is 0 Å². The first-order valence-electron chi connectivity index (χ1n) is 13.3. The first-order valence-corrected chi connectivity index (χ1v) is 13.6. The molecule has 2 heterocycles. The van der Waals surface area contributed by atoms with E-state index in [-0.39, 0.29) is 12.5 Å². The molecule has 0 saturated carbocycles. The molecule has 8 nitrogen and oxygen atoms in total. The molecule has 0 fully saturated rings. The molecule has 1 aromatic heterocycles. The van der Waals surface area contributed by atoms with Crippen molar-refractivity contribution in [2.45, 2.75) is 44.9 Å². The number of primary amides is 1. The van der Waals surface area contributed by atoms with Gasteiger partial charge in [0.1, 0.15) is 11.8 Å². The number of fused-ring (bicyclic) bond motifs is 1. The van der Waals surface area contributed by atoms with Crippen LogP contribution in [0.2, 0.25) is 5.02 Å². The van der Waals surface area contributed by atoms with E-state index in [1.54, 1.807) is 30.3 Å². The van der Waals surface area contributed by atoms with E-state index in [2.05, 4.69) is 51.4 Å². The number of hydrogen-bond acceptors (Lipinski definition) is 5. The van der Waals surface area contributed by atoms with Gasteiger partial charge in [-0.25, -0.2) is 4.98 Å². The zero-order valence-electron chi connectivity index (χ0n) is 22.3. The van der Waals surface area contributed by atoms with Crippen molar-refractivity contribution in [3.63, 3.8) is 0 Å². The number of carbonyl (C=O) groups excluding carboxylic acids is 2. The zero-order valence-corrected chi connectivity index (χ0v) is 23.0. The molecule has 2 amide bonds. The van der Waals surface area contributed by atoms with Crippen molar-refractivity contribution < 1.29 is 14.3 Å². The second-order valence-electron chi connectivity index (χ2n) is 10.1. The first kappa shape index (κ1) is 27.4. The van der Waals surface area contributed by atoms with Gasteiger partial charge in [-0.3, -0.25) is 9.59 Å². The maximum Gasteiger partial charge on any atom is 0.255 e. The van der Waals surface area contributed by atoms with Gasteiger partial charge in [-0.2, -0.15) is 0 Å². The summed E-state index contributed by atoms with van der Waals surface area (Å²) in [5.74, 6) is -0.506. The third-order valence-corrected chi connectivity index (χ3v) is 7.37. The predicted molar refractivity (Wildman–Crippen MR) is 154 cm³/mol. The summed E-state index contributed by atoms with van der Waals surface area (Å²) in [4.78, 5) is 29.8. The highest BCUT2D eigenvalue weighted by atomic mass is 35.5. The summed E-state index contributed by atoms with van der Waals surface area (Å²) in [7, 11) is 0. The maximum absolute atomic E-state index is 13.3. The molecular weight excluding hydrogens is 526 g/mol. The predicted octanol–water partition coefficient (Wildman–Crippen LogP) is 4.33. The molecule has 3 aromatic carbocycles. The summed E-state index contributed by atoms with van der Waals surface area (Å²) in [6.45, 7) is 3.89.